The zero-order chi connectivity index (χ0) is 16.6. The molecule has 0 saturated carbocycles. The van der Waals surface area contributed by atoms with Crippen molar-refractivity contribution in [2.45, 2.75) is 23.7 Å². The molecule has 1 aliphatic rings. The molecule has 3 aromatic rings. The molecule has 6 heteroatoms. The maximum Gasteiger partial charge on any atom is 0.243 e. The fourth-order valence-corrected chi connectivity index (χ4v) is 5.81. The summed E-state index contributed by atoms with van der Waals surface area (Å²) in [5.41, 5.74) is 1.00. The van der Waals surface area contributed by atoms with Crippen molar-refractivity contribution in [2.24, 2.45) is 0 Å². The standard InChI is InChI=1S/C18H18N2O2S2/c21-24(22,15-8-2-1-3-9-15)20-12-6-7-14(13-20)18-19-16-10-4-5-11-17(16)23-18/h1-5,8-11,14H,6-7,12-13H2/t14-/m0/s1. The molecule has 1 saturated heterocycles. The van der Waals surface area contributed by atoms with Crippen LogP contribution in [-0.2, 0) is 10.0 Å². The summed E-state index contributed by atoms with van der Waals surface area (Å²) < 4.78 is 28.5. The minimum absolute atomic E-state index is 0.176. The van der Waals surface area contributed by atoms with Gasteiger partial charge in [0.05, 0.1) is 20.1 Å². The van der Waals surface area contributed by atoms with Crippen molar-refractivity contribution < 1.29 is 8.42 Å². The lowest BCUT2D eigenvalue weighted by molar-refractivity contribution is 0.315. The van der Waals surface area contributed by atoms with Gasteiger partial charge in [-0.2, -0.15) is 4.31 Å². The van der Waals surface area contributed by atoms with Gasteiger partial charge >= 0.3 is 0 Å². The number of fused-ring (bicyclic) bond motifs is 1. The first kappa shape index (κ1) is 15.7. The Morgan fingerprint density at radius 1 is 1.04 bits per heavy atom. The van der Waals surface area contributed by atoms with Crippen molar-refractivity contribution in [1.29, 1.82) is 0 Å². The maximum atomic E-state index is 12.8. The van der Waals surface area contributed by atoms with Crippen molar-refractivity contribution in [1.82, 2.24) is 9.29 Å². The van der Waals surface area contributed by atoms with Crippen LogP contribution in [0.15, 0.2) is 59.5 Å². The summed E-state index contributed by atoms with van der Waals surface area (Å²) in [6, 6.07) is 16.8. The molecule has 0 spiro atoms. The summed E-state index contributed by atoms with van der Waals surface area (Å²) in [5.74, 6) is 0.176. The molecule has 124 valence electrons. The molecule has 0 N–H and O–H groups in total. The van der Waals surface area contributed by atoms with Crippen LogP contribution in [0.4, 0.5) is 0 Å². The fraction of sp³-hybridized carbons (Fsp3) is 0.278. The Kier molecular flexibility index (Phi) is 4.12. The molecule has 1 fully saturated rings. The molecule has 4 rings (SSSR count). The predicted octanol–water partition coefficient (Wildman–Crippen LogP) is 3.86. The van der Waals surface area contributed by atoms with Gasteiger partial charge in [0.2, 0.25) is 10.0 Å². The van der Waals surface area contributed by atoms with E-state index in [1.54, 1.807) is 39.9 Å². The van der Waals surface area contributed by atoms with Crippen LogP contribution in [-0.4, -0.2) is 30.8 Å². The van der Waals surface area contributed by atoms with Gasteiger partial charge in [-0.15, -0.1) is 11.3 Å². The van der Waals surface area contributed by atoms with Crippen LogP contribution in [0.1, 0.15) is 23.8 Å². The highest BCUT2D eigenvalue weighted by Gasteiger charge is 2.32. The second-order valence-electron chi connectivity index (χ2n) is 6.04. The molecule has 1 aromatic heterocycles. The van der Waals surface area contributed by atoms with Crippen LogP contribution in [0.2, 0.25) is 0 Å². The fourth-order valence-electron chi connectivity index (χ4n) is 3.17. The number of para-hydroxylation sites is 1. The first-order valence-electron chi connectivity index (χ1n) is 8.05. The molecule has 24 heavy (non-hydrogen) atoms. The molecular weight excluding hydrogens is 340 g/mol. The van der Waals surface area contributed by atoms with Gasteiger partial charge in [-0.05, 0) is 37.1 Å². The zero-order valence-electron chi connectivity index (χ0n) is 13.1. The van der Waals surface area contributed by atoms with Gasteiger partial charge in [0.15, 0.2) is 0 Å². The Balaban J connectivity index is 1.62. The van der Waals surface area contributed by atoms with E-state index in [2.05, 4.69) is 6.07 Å². The number of hydrogen-bond donors (Lipinski definition) is 0. The molecule has 0 radical (unpaired) electrons. The van der Waals surface area contributed by atoms with Gasteiger partial charge in [0.25, 0.3) is 0 Å². The highest BCUT2D eigenvalue weighted by Crippen LogP contribution is 2.34. The zero-order valence-corrected chi connectivity index (χ0v) is 14.8. The normalized spacial score (nSPS) is 19.6. The molecular formula is C18H18N2O2S2. The van der Waals surface area contributed by atoms with Gasteiger partial charge in [-0.25, -0.2) is 13.4 Å². The summed E-state index contributed by atoms with van der Waals surface area (Å²) in [6.45, 7) is 1.09. The van der Waals surface area contributed by atoms with E-state index < -0.39 is 10.0 Å². The summed E-state index contributed by atoms with van der Waals surface area (Å²) in [5, 5.41) is 1.05. The Hall–Kier alpha value is -1.76. The minimum atomic E-state index is -3.42. The van der Waals surface area contributed by atoms with E-state index >= 15 is 0 Å². The molecule has 0 bridgehead atoms. The topological polar surface area (TPSA) is 50.3 Å². The van der Waals surface area contributed by atoms with E-state index in [4.69, 9.17) is 4.98 Å². The monoisotopic (exact) mass is 358 g/mol. The average molecular weight is 358 g/mol. The van der Waals surface area contributed by atoms with E-state index in [9.17, 15) is 8.42 Å². The van der Waals surface area contributed by atoms with Gasteiger partial charge in [-0.1, -0.05) is 30.3 Å². The Morgan fingerprint density at radius 2 is 1.79 bits per heavy atom. The number of piperidine rings is 1. The minimum Gasteiger partial charge on any atom is -0.241 e. The number of rotatable bonds is 3. The molecule has 0 aliphatic carbocycles. The highest BCUT2D eigenvalue weighted by molar-refractivity contribution is 7.89. The summed E-state index contributed by atoms with van der Waals surface area (Å²) in [6.07, 6.45) is 1.85. The van der Waals surface area contributed by atoms with Crippen LogP contribution >= 0.6 is 11.3 Å². The first-order chi connectivity index (χ1) is 11.6. The van der Waals surface area contributed by atoms with Crippen LogP contribution in [0.3, 0.4) is 0 Å². The third kappa shape index (κ3) is 2.85. The van der Waals surface area contributed by atoms with Crippen molar-refractivity contribution in [3.63, 3.8) is 0 Å². The third-order valence-corrected chi connectivity index (χ3v) is 7.50. The highest BCUT2D eigenvalue weighted by atomic mass is 32.2. The Bertz CT molecular complexity index is 918. The number of thiazole rings is 1. The van der Waals surface area contributed by atoms with E-state index in [-0.39, 0.29) is 5.92 Å². The lowest BCUT2D eigenvalue weighted by atomic mass is 10.0. The van der Waals surface area contributed by atoms with Crippen molar-refractivity contribution in [3.05, 3.63) is 59.6 Å². The van der Waals surface area contributed by atoms with Gasteiger partial charge < -0.3 is 0 Å². The van der Waals surface area contributed by atoms with E-state index in [0.29, 0.717) is 18.0 Å². The molecule has 2 aromatic carbocycles. The SMILES string of the molecule is O=S(=O)(c1ccccc1)N1CCC[C@H](c2nc3ccccc3s2)C1. The summed E-state index contributed by atoms with van der Waals surface area (Å²) >= 11 is 1.68. The molecule has 1 atom stereocenters. The predicted molar refractivity (Wildman–Crippen MR) is 96.8 cm³/mol. The number of nitrogens with zero attached hydrogens (tertiary/aromatic N) is 2. The van der Waals surface area contributed by atoms with Gasteiger partial charge in [0, 0.05) is 19.0 Å². The lowest BCUT2D eigenvalue weighted by Crippen LogP contribution is -2.39. The lowest BCUT2D eigenvalue weighted by Gasteiger charge is -2.30. The number of benzene rings is 2. The molecule has 4 nitrogen and oxygen atoms in total. The van der Waals surface area contributed by atoms with Crippen molar-refractivity contribution >= 4 is 31.6 Å². The third-order valence-electron chi connectivity index (χ3n) is 4.42. The van der Waals surface area contributed by atoms with Crippen LogP contribution in [0.25, 0.3) is 10.2 Å². The van der Waals surface area contributed by atoms with Crippen molar-refractivity contribution in [2.75, 3.05) is 13.1 Å². The average Bonchev–Trinajstić information content (AvgIpc) is 3.07. The first-order valence-corrected chi connectivity index (χ1v) is 10.3. The number of hydrogen-bond acceptors (Lipinski definition) is 4. The van der Waals surface area contributed by atoms with Crippen LogP contribution in [0.5, 0.6) is 0 Å². The summed E-state index contributed by atoms with van der Waals surface area (Å²) in [7, 11) is -3.42. The molecule has 2 heterocycles. The second kappa shape index (κ2) is 6.27. The van der Waals surface area contributed by atoms with E-state index in [0.717, 1.165) is 28.1 Å². The molecule has 0 unspecified atom stereocenters. The maximum absolute atomic E-state index is 12.8. The van der Waals surface area contributed by atoms with Crippen molar-refractivity contribution in [3.8, 4) is 0 Å². The van der Waals surface area contributed by atoms with E-state index in [1.165, 1.54) is 0 Å². The largest absolute Gasteiger partial charge is 0.243 e. The van der Waals surface area contributed by atoms with Crippen LogP contribution < -0.4 is 0 Å². The second-order valence-corrected chi connectivity index (χ2v) is 9.04. The Morgan fingerprint density at radius 3 is 2.58 bits per heavy atom. The molecule has 1 aliphatic heterocycles. The quantitative estimate of drug-likeness (QED) is 0.714. The number of aromatic nitrogens is 1. The summed E-state index contributed by atoms with van der Waals surface area (Å²) in [4.78, 5) is 5.09. The smallest absolute Gasteiger partial charge is 0.241 e. The van der Waals surface area contributed by atoms with Crippen LogP contribution in [0, 0.1) is 0 Å². The Labute approximate surface area is 145 Å². The molecule has 0 amide bonds. The number of sulfonamides is 1. The van der Waals surface area contributed by atoms with Gasteiger partial charge in [0.1, 0.15) is 0 Å². The van der Waals surface area contributed by atoms with Gasteiger partial charge in [-0.3, -0.25) is 0 Å². The van der Waals surface area contributed by atoms with E-state index in [1.807, 2.05) is 24.3 Å².